The number of hydrogen-bond acceptors (Lipinski definition) is 2. The molecule has 16 heavy (non-hydrogen) atoms. The summed E-state index contributed by atoms with van der Waals surface area (Å²) in [5.41, 5.74) is -0.618. The lowest BCUT2D eigenvalue weighted by molar-refractivity contribution is -0.0588. The predicted octanol–water partition coefficient (Wildman–Crippen LogP) is 4.02. The third kappa shape index (κ3) is 4.57. The van der Waals surface area contributed by atoms with Gasteiger partial charge in [-0.3, -0.25) is 4.57 Å². The average molecular weight is 250 g/mol. The lowest BCUT2D eigenvalue weighted by Gasteiger charge is -2.46. The van der Waals surface area contributed by atoms with E-state index < -0.39 is 13.9 Å². The van der Waals surface area contributed by atoms with E-state index in [0.29, 0.717) is 0 Å². The maximum atomic E-state index is 11.0. The van der Waals surface area contributed by atoms with Crippen molar-refractivity contribution in [3.05, 3.63) is 0 Å². The van der Waals surface area contributed by atoms with E-state index in [0.717, 1.165) is 12.8 Å². The largest absolute Gasteiger partial charge is 0.326 e. The van der Waals surface area contributed by atoms with Crippen LogP contribution in [-0.2, 0) is 9.09 Å². The van der Waals surface area contributed by atoms with E-state index in [2.05, 4.69) is 41.5 Å². The van der Waals surface area contributed by atoms with Gasteiger partial charge in [0.25, 0.3) is 0 Å². The predicted molar refractivity (Wildman–Crippen MR) is 68.9 cm³/mol. The van der Waals surface area contributed by atoms with Gasteiger partial charge in [0, 0.05) is 0 Å². The summed E-state index contributed by atoms with van der Waals surface area (Å²) in [4.78, 5) is 9.07. The SMILES string of the molecule is CCC(C)(C)C(C)(CC(C)(C)C)O[PH](=O)O. The van der Waals surface area contributed by atoms with Crippen molar-refractivity contribution in [1.29, 1.82) is 0 Å². The molecule has 0 aliphatic heterocycles. The summed E-state index contributed by atoms with van der Waals surface area (Å²) >= 11 is 0. The Morgan fingerprint density at radius 2 is 1.56 bits per heavy atom. The molecule has 1 N–H and O–H groups in total. The van der Waals surface area contributed by atoms with Gasteiger partial charge < -0.3 is 9.42 Å². The Morgan fingerprint density at radius 1 is 1.12 bits per heavy atom. The minimum Gasteiger partial charge on any atom is -0.326 e. The third-order valence-electron chi connectivity index (χ3n) is 3.50. The lowest BCUT2D eigenvalue weighted by Crippen LogP contribution is -2.45. The fraction of sp³-hybridized carbons (Fsp3) is 1.00. The van der Waals surface area contributed by atoms with Crippen LogP contribution in [0.25, 0.3) is 0 Å². The first-order valence-electron chi connectivity index (χ1n) is 5.85. The van der Waals surface area contributed by atoms with Crippen molar-refractivity contribution in [3.63, 3.8) is 0 Å². The molecule has 98 valence electrons. The van der Waals surface area contributed by atoms with Gasteiger partial charge in [-0.2, -0.15) is 0 Å². The molecule has 0 saturated heterocycles. The second kappa shape index (κ2) is 5.20. The Bertz CT molecular complexity index is 255. The Hall–Kier alpha value is 0.150. The van der Waals surface area contributed by atoms with Crippen molar-refractivity contribution in [2.24, 2.45) is 10.8 Å². The van der Waals surface area contributed by atoms with Crippen LogP contribution >= 0.6 is 8.25 Å². The summed E-state index contributed by atoms with van der Waals surface area (Å²) < 4.78 is 16.4. The van der Waals surface area contributed by atoms with Gasteiger partial charge in [-0.05, 0) is 30.6 Å². The second-order valence-corrected chi connectivity index (χ2v) is 7.31. The van der Waals surface area contributed by atoms with Gasteiger partial charge in [0.2, 0.25) is 0 Å². The quantitative estimate of drug-likeness (QED) is 0.750. The van der Waals surface area contributed by atoms with Gasteiger partial charge >= 0.3 is 8.25 Å². The van der Waals surface area contributed by atoms with Gasteiger partial charge in [0.05, 0.1) is 5.60 Å². The molecular weight excluding hydrogens is 223 g/mol. The standard InChI is InChI=1S/C12H27O3P/c1-8-11(5,6)12(7,15-16(13)14)9-10(2,3)4/h16H,8-9H2,1-7H3,(H,13,14). The van der Waals surface area contributed by atoms with E-state index in [4.69, 9.17) is 9.42 Å². The van der Waals surface area contributed by atoms with Gasteiger partial charge in [-0.25, -0.2) is 0 Å². The molecule has 0 amide bonds. The van der Waals surface area contributed by atoms with Crippen molar-refractivity contribution >= 4 is 8.25 Å². The molecule has 0 aromatic rings. The van der Waals surface area contributed by atoms with Crippen LogP contribution in [0.3, 0.4) is 0 Å². The van der Waals surface area contributed by atoms with Gasteiger partial charge in [0.15, 0.2) is 0 Å². The van der Waals surface area contributed by atoms with Crippen molar-refractivity contribution < 1.29 is 14.0 Å². The Balaban J connectivity index is 5.11. The third-order valence-corrected chi connectivity index (χ3v) is 4.12. The van der Waals surface area contributed by atoms with Crippen LogP contribution in [-0.4, -0.2) is 10.5 Å². The normalized spacial score (nSPS) is 19.2. The molecule has 0 aromatic heterocycles. The molecule has 4 heteroatoms. The highest BCUT2D eigenvalue weighted by Gasteiger charge is 2.44. The number of hydrogen-bond donors (Lipinski definition) is 1. The fourth-order valence-corrected chi connectivity index (χ4v) is 2.73. The van der Waals surface area contributed by atoms with Crippen LogP contribution in [0.2, 0.25) is 0 Å². The van der Waals surface area contributed by atoms with Crippen LogP contribution in [0.15, 0.2) is 0 Å². The summed E-state index contributed by atoms with van der Waals surface area (Å²) in [5, 5.41) is 0. The molecule has 0 bridgehead atoms. The Kier molecular flexibility index (Phi) is 5.25. The van der Waals surface area contributed by atoms with Gasteiger partial charge in [-0.15, -0.1) is 0 Å². The molecule has 0 aliphatic rings. The topological polar surface area (TPSA) is 46.5 Å². The molecule has 0 saturated carbocycles. The minimum absolute atomic E-state index is 0.0680. The molecule has 0 heterocycles. The highest BCUT2D eigenvalue weighted by atomic mass is 31.1. The Morgan fingerprint density at radius 3 is 1.81 bits per heavy atom. The summed E-state index contributed by atoms with van der Waals surface area (Å²) in [6.07, 6.45) is 1.67. The smallest absolute Gasteiger partial charge is 0.317 e. The van der Waals surface area contributed by atoms with E-state index in [1.165, 1.54) is 0 Å². The van der Waals surface area contributed by atoms with Crippen LogP contribution in [0, 0.1) is 10.8 Å². The zero-order valence-electron chi connectivity index (χ0n) is 11.7. The zero-order chi connectivity index (χ0) is 13.2. The number of rotatable bonds is 5. The van der Waals surface area contributed by atoms with Crippen molar-refractivity contribution in [2.75, 3.05) is 0 Å². The van der Waals surface area contributed by atoms with Gasteiger partial charge in [-0.1, -0.05) is 41.5 Å². The minimum atomic E-state index is -2.91. The molecular formula is C12H27O3P. The maximum absolute atomic E-state index is 11.0. The molecule has 2 atom stereocenters. The maximum Gasteiger partial charge on any atom is 0.317 e. The van der Waals surface area contributed by atoms with Crippen LogP contribution in [0.4, 0.5) is 0 Å². The first kappa shape index (κ1) is 16.1. The molecule has 0 radical (unpaired) electrons. The fourth-order valence-electron chi connectivity index (χ4n) is 1.99. The summed E-state index contributed by atoms with van der Waals surface area (Å²) in [6, 6.07) is 0. The molecule has 0 spiro atoms. The average Bonchev–Trinajstić information content (AvgIpc) is 1.98. The summed E-state index contributed by atoms with van der Waals surface area (Å²) in [6.45, 7) is 14.6. The highest BCUT2D eigenvalue weighted by molar-refractivity contribution is 7.32. The van der Waals surface area contributed by atoms with E-state index in [9.17, 15) is 4.57 Å². The van der Waals surface area contributed by atoms with Crippen molar-refractivity contribution in [3.8, 4) is 0 Å². The molecule has 2 unspecified atom stereocenters. The summed E-state index contributed by atoms with van der Waals surface area (Å²) in [7, 11) is -2.91. The monoisotopic (exact) mass is 250 g/mol. The van der Waals surface area contributed by atoms with Gasteiger partial charge in [0.1, 0.15) is 0 Å². The molecule has 0 rings (SSSR count). The molecule has 0 aliphatic carbocycles. The van der Waals surface area contributed by atoms with E-state index in [1.54, 1.807) is 0 Å². The Labute approximate surface area is 101 Å². The van der Waals surface area contributed by atoms with E-state index in [-0.39, 0.29) is 10.8 Å². The first-order valence-corrected chi connectivity index (χ1v) is 7.12. The van der Waals surface area contributed by atoms with Crippen LogP contribution in [0.5, 0.6) is 0 Å². The highest BCUT2D eigenvalue weighted by Crippen LogP contribution is 2.48. The molecule has 3 nitrogen and oxygen atoms in total. The lowest BCUT2D eigenvalue weighted by atomic mass is 9.67. The van der Waals surface area contributed by atoms with Crippen molar-refractivity contribution in [1.82, 2.24) is 0 Å². The summed E-state index contributed by atoms with van der Waals surface area (Å²) in [5.74, 6) is 0. The zero-order valence-corrected chi connectivity index (χ0v) is 12.7. The second-order valence-electron chi connectivity index (χ2n) is 6.57. The molecule has 0 aromatic carbocycles. The van der Waals surface area contributed by atoms with Crippen LogP contribution < -0.4 is 0 Å². The van der Waals surface area contributed by atoms with E-state index in [1.807, 2.05) is 6.92 Å². The molecule has 0 fully saturated rings. The first-order chi connectivity index (χ1) is 6.93. The van der Waals surface area contributed by atoms with E-state index >= 15 is 0 Å². The van der Waals surface area contributed by atoms with Crippen LogP contribution in [0.1, 0.15) is 61.3 Å². The van der Waals surface area contributed by atoms with Crippen molar-refractivity contribution in [2.45, 2.75) is 66.9 Å².